The van der Waals surface area contributed by atoms with Gasteiger partial charge in [-0.15, -0.1) is 0 Å². The number of nitrogens with two attached hydrogens (primary N) is 1. The van der Waals surface area contributed by atoms with Gasteiger partial charge < -0.3 is 15.5 Å². The number of hydrogen-bond acceptors (Lipinski definition) is 5. The van der Waals surface area contributed by atoms with Crippen LogP contribution in [0.25, 0.3) is 0 Å². The number of carbonyl (C=O) groups is 1. The number of benzene rings is 1. The van der Waals surface area contributed by atoms with Crippen LogP contribution in [0.2, 0.25) is 0 Å². The quantitative estimate of drug-likeness (QED) is 0.797. The second-order valence-corrected chi connectivity index (χ2v) is 7.91. The predicted octanol–water partition coefficient (Wildman–Crippen LogP) is 0.297. The van der Waals surface area contributed by atoms with Crippen molar-refractivity contribution in [2.24, 2.45) is 0 Å². The molecule has 8 heteroatoms. The molecule has 23 heavy (non-hydrogen) atoms. The summed E-state index contributed by atoms with van der Waals surface area (Å²) in [6.07, 6.45) is 0. The van der Waals surface area contributed by atoms with Gasteiger partial charge >= 0.3 is 0 Å². The Morgan fingerprint density at radius 1 is 1.22 bits per heavy atom. The molecule has 0 spiro atoms. The molecule has 1 heterocycles. The number of rotatable bonds is 4. The molecular weight excluding hydrogens is 316 g/mol. The van der Waals surface area contributed by atoms with E-state index in [4.69, 9.17) is 5.73 Å². The molecular formula is C15H24N4O3S. The number of piperazine rings is 1. The maximum Gasteiger partial charge on any atom is 0.256 e. The fourth-order valence-corrected chi connectivity index (χ4v) is 3.46. The zero-order valence-electron chi connectivity index (χ0n) is 13.8. The summed E-state index contributed by atoms with van der Waals surface area (Å²) in [4.78, 5) is 16.7. The van der Waals surface area contributed by atoms with Gasteiger partial charge in [0.05, 0.1) is 10.5 Å². The van der Waals surface area contributed by atoms with Crippen molar-refractivity contribution in [3.8, 4) is 0 Å². The zero-order valence-corrected chi connectivity index (χ0v) is 14.6. The van der Waals surface area contributed by atoms with Gasteiger partial charge in [0, 0.05) is 46.0 Å². The highest BCUT2D eigenvalue weighted by Crippen LogP contribution is 2.22. The van der Waals surface area contributed by atoms with Crippen LogP contribution >= 0.6 is 0 Å². The van der Waals surface area contributed by atoms with Gasteiger partial charge in [-0.3, -0.25) is 4.79 Å². The Kier molecular flexibility index (Phi) is 5.28. The molecule has 1 aromatic rings. The fraction of sp³-hybridized carbons (Fsp3) is 0.533. The molecule has 128 valence electrons. The first-order valence-corrected chi connectivity index (χ1v) is 9.05. The first kappa shape index (κ1) is 17.7. The van der Waals surface area contributed by atoms with E-state index in [-0.39, 0.29) is 16.4 Å². The SMILES string of the molecule is CCN1CCN(C(=O)c2cc(S(=O)(=O)N(C)C)ccc2N)CC1. The van der Waals surface area contributed by atoms with Crippen molar-refractivity contribution in [1.82, 2.24) is 14.1 Å². The van der Waals surface area contributed by atoms with Gasteiger partial charge in [-0.05, 0) is 24.7 Å². The Bertz CT molecular complexity index is 680. The summed E-state index contributed by atoms with van der Waals surface area (Å²) >= 11 is 0. The predicted molar refractivity (Wildman–Crippen MR) is 89.7 cm³/mol. The third-order valence-corrected chi connectivity index (χ3v) is 5.95. The highest BCUT2D eigenvalue weighted by atomic mass is 32.2. The molecule has 2 N–H and O–H groups in total. The van der Waals surface area contributed by atoms with Gasteiger partial charge in [-0.2, -0.15) is 0 Å². The fourth-order valence-electron chi connectivity index (χ4n) is 2.53. The molecule has 0 aromatic heterocycles. The van der Waals surface area contributed by atoms with Crippen LogP contribution in [0.3, 0.4) is 0 Å². The Labute approximate surface area is 137 Å². The van der Waals surface area contributed by atoms with Crippen LogP contribution in [0.4, 0.5) is 5.69 Å². The standard InChI is InChI=1S/C15H24N4O3S/c1-4-18-7-9-19(10-8-18)15(20)13-11-12(5-6-14(13)16)23(21,22)17(2)3/h5-6,11H,4,7-10,16H2,1-3H3. The second kappa shape index (κ2) is 6.86. The minimum atomic E-state index is -3.59. The molecule has 1 aliphatic rings. The van der Waals surface area contributed by atoms with Crippen LogP contribution < -0.4 is 5.73 Å². The van der Waals surface area contributed by atoms with Crippen molar-refractivity contribution >= 4 is 21.6 Å². The van der Waals surface area contributed by atoms with E-state index in [0.29, 0.717) is 18.8 Å². The largest absolute Gasteiger partial charge is 0.398 e. The lowest BCUT2D eigenvalue weighted by Crippen LogP contribution is -2.48. The third kappa shape index (κ3) is 3.65. The number of nitrogen functional groups attached to an aromatic ring is 1. The monoisotopic (exact) mass is 340 g/mol. The summed E-state index contributed by atoms with van der Waals surface area (Å²) in [5, 5.41) is 0. The van der Waals surface area contributed by atoms with Gasteiger partial charge in [0.15, 0.2) is 0 Å². The number of likely N-dealkylation sites (N-methyl/N-ethyl adjacent to an activating group) is 1. The summed E-state index contributed by atoms with van der Waals surface area (Å²) in [5.74, 6) is -0.214. The molecule has 1 aliphatic heterocycles. The molecule has 0 radical (unpaired) electrons. The van der Waals surface area contributed by atoms with E-state index in [1.54, 1.807) is 4.90 Å². The molecule has 0 saturated carbocycles. The van der Waals surface area contributed by atoms with Crippen molar-refractivity contribution in [1.29, 1.82) is 0 Å². The van der Waals surface area contributed by atoms with Crippen molar-refractivity contribution in [3.63, 3.8) is 0 Å². The first-order valence-electron chi connectivity index (χ1n) is 7.61. The minimum absolute atomic E-state index is 0.0762. The van der Waals surface area contributed by atoms with E-state index in [0.717, 1.165) is 23.9 Å². The first-order chi connectivity index (χ1) is 10.8. The number of sulfonamides is 1. The average molecular weight is 340 g/mol. The lowest BCUT2D eigenvalue weighted by Gasteiger charge is -2.34. The Morgan fingerprint density at radius 3 is 2.35 bits per heavy atom. The van der Waals surface area contributed by atoms with Crippen molar-refractivity contribution in [2.45, 2.75) is 11.8 Å². The van der Waals surface area contributed by atoms with Crippen LogP contribution in [0, 0.1) is 0 Å². The van der Waals surface area contributed by atoms with Crippen LogP contribution in [0.15, 0.2) is 23.1 Å². The van der Waals surface area contributed by atoms with Gasteiger partial charge in [0.1, 0.15) is 0 Å². The highest BCUT2D eigenvalue weighted by molar-refractivity contribution is 7.89. The summed E-state index contributed by atoms with van der Waals surface area (Å²) in [6, 6.07) is 4.28. The van der Waals surface area contributed by atoms with E-state index >= 15 is 0 Å². The second-order valence-electron chi connectivity index (χ2n) is 5.76. The summed E-state index contributed by atoms with van der Waals surface area (Å²) in [6.45, 7) is 5.93. The average Bonchev–Trinajstić information content (AvgIpc) is 2.54. The molecule has 0 atom stereocenters. The smallest absolute Gasteiger partial charge is 0.256 e. The number of anilines is 1. The molecule has 1 saturated heterocycles. The van der Waals surface area contributed by atoms with Crippen molar-refractivity contribution in [3.05, 3.63) is 23.8 Å². The third-order valence-electron chi connectivity index (χ3n) is 4.14. The summed E-state index contributed by atoms with van der Waals surface area (Å²) in [7, 11) is -0.683. The Morgan fingerprint density at radius 2 is 1.83 bits per heavy atom. The van der Waals surface area contributed by atoms with Gasteiger partial charge in [0.2, 0.25) is 10.0 Å². The lowest BCUT2D eigenvalue weighted by molar-refractivity contribution is 0.0644. The van der Waals surface area contributed by atoms with Crippen LogP contribution in [-0.4, -0.2) is 75.2 Å². The maximum atomic E-state index is 12.7. The zero-order chi connectivity index (χ0) is 17.2. The molecule has 0 bridgehead atoms. The van der Waals surface area contributed by atoms with Gasteiger partial charge in [0.25, 0.3) is 5.91 Å². The maximum absolute atomic E-state index is 12.7. The molecule has 1 amide bonds. The molecule has 1 fully saturated rings. The topological polar surface area (TPSA) is 87.0 Å². The molecule has 0 aliphatic carbocycles. The van der Waals surface area contributed by atoms with Crippen molar-refractivity contribution in [2.75, 3.05) is 52.6 Å². The van der Waals surface area contributed by atoms with Crippen molar-refractivity contribution < 1.29 is 13.2 Å². The number of nitrogens with zero attached hydrogens (tertiary/aromatic N) is 3. The minimum Gasteiger partial charge on any atom is -0.398 e. The van der Waals surface area contributed by atoms with Crippen LogP contribution in [0.5, 0.6) is 0 Å². The van der Waals surface area contributed by atoms with E-state index in [2.05, 4.69) is 11.8 Å². The van der Waals surface area contributed by atoms with E-state index < -0.39 is 10.0 Å². The van der Waals surface area contributed by atoms with E-state index in [9.17, 15) is 13.2 Å². The number of amides is 1. The molecule has 0 unspecified atom stereocenters. The van der Waals surface area contributed by atoms with Gasteiger partial charge in [-0.25, -0.2) is 12.7 Å². The van der Waals surface area contributed by atoms with Crippen LogP contribution in [-0.2, 0) is 10.0 Å². The summed E-state index contributed by atoms with van der Waals surface area (Å²) < 4.78 is 25.6. The molecule has 7 nitrogen and oxygen atoms in total. The normalized spacial score (nSPS) is 16.8. The number of carbonyl (C=O) groups excluding carboxylic acids is 1. The van der Waals surface area contributed by atoms with E-state index in [1.165, 1.54) is 32.3 Å². The van der Waals surface area contributed by atoms with Crippen LogP contribution in [0.1, 0.15) is 17.3 Å². The molecule has 1 aromatic carbocycles. The Hall–Kier alpha value is -1.64. The van der Waals surface area contributed by atoms with Gasteiger partial charge in [-0.1, -0.05) is 6.92 Å². The van der Waals surface area contributed by atoms with E-state index in [1.807, 2.05) is 0 Å². The lowest BCUT2D eigenvalue weighted by atomic mass is 10.1. The number of hydrogen-bond donors (Lipinski definition) is 1. The summed E-state index contributed by atoms with van der Waals surface area (Å²) in [5.41, 5.74) is 6.45. The Balaban J connectivity index is 2.27. The molecule has 2 rings (SSSR count). The highest BCUT2D eigenvalue weighted by Gasteiger charge is 2.25.